The highest BCUT2D eigenvalue weighted by Gasteiger charge is 2.32. The molecule has 2 fully saturated rings. The van der Waals surface area contributed by atoms with E-state index in [9.17, 15) is 9.59 Å². The third-order valence-electron chi connectivity index (χ3n) is 5.85. The summed E-state index contributed by atoms with van der Waals surface area (Å²) in [4.78, 5) is 28.0. The van der Waals surface area contributed by atoms with Crippen LogP contribution in [0, 0.1) is 0 Å². The molecule has 0 spiro atoms. The number of benzene rings is 1. The molecule has 3 amide bonds. The summed E-state index contributed by atoms with van der Waals surface area (Å²) in [7, 11) is 0. The first-order valence-corrected chi connectivity index (χ1v) is 10.8. The molecule has 0 radical (unpaired) electrons. The standard InChI is InChI=1S/C21H30N4O4/c26-20-13-16(23-21(27)22-7-4-10-24-8-2-1-3-9-24)15-25(20)17-5-6-18-19(14-17)29-12-11-28-18/h5-6,14,16H,1-4,7-13,15H2,(H2,22,23,27)/p+1/t16-/m1/s1. The Labute approximate surface area is 171 Å². The Hall–Kier alpha value is -2.48. The van der Waals surface area contributed by atoms with E-state index in [0.717, 1.165) is 18.7 Å². The third kappa shape index (κ3) is 5.12. The fourth-order valence-corrected chi connectivity index (χ4v) is 4.33. The summed E-state index contributed by atoms with van der Waals surface area (Å²) in [6.45, 7) is 5.80. The van der Waals surface area contributed by atoms with Gasteiger partial charge in [-0.25, -0.2) is 4.79 Å². The Bertz CT molecular complexity index is 735. The summed E-state index contributed by atoms with van der Waals surface area (Å²) >= 11 is 0. The van der Waals surface area contributed by atoms with Crippen molar-refractivity contribution < 1.29 is 24.0 Å². The van der Waals surface area contributed by atoms with E-state index in [1.165, 1.54) is 32.4 Å². The second-order valence-corrected chi connectivity index (χ2v) is 8.05. The molecule has 3 aliphatic rings. The number of urea groups is 1. The average Bonchev–Trinajstić information content (AvgIpc) is 3.11. The fourth-order valence-electron chi connectivity index (χ4n) is 4.33. The monoisotopic (exact) mass is 403 g/mol. The van der Waals surface area contributed by atoms with Crippen LogP contribution in [-0.4, -0.2) is 63.9 Å². The molecular formula is C21H31N4O4+. The Morgan fingerprint density at radius 2 is 1.93 bits per heavy atom. The molecule has 0 unspecified atom stereocenters. The van der Waals surface area contributed by atoms with Crippen molar-refractivity contribution in [1.82, 2.24) is 10.6 Å². The van der Waals surface area contributed by atoms with Gasteiger partial charge in [-0.2, -0.15) is 0 Å². The van der Waals surface area contributed by atoms with Gasteiger partial charge in [0.05, 0.1) is 25.7 Å². The second-order valence-electron chi connectivity index (χ2n) is 8.05. The summed E-state index contributed by atoms with van der Waals surface area (Å²) in [6, 6.07) is 5.13. The number of fused-ring (bicyclic) bond motifs is 1. The zero-order chi connectivity index (χ0) is 20.1. The van der Waals surface area contributed by atoms with E-state index in [4.69, 9.17) is 9.47 Å². The lowest BCUT2D eigenvalue weighted by molar-refractivity contribution is -0.904. The topological polar surface area (TPSA) is 84.3 Å². The zero-order valence-corrected chi connectivity index (χ0v) is 16.9. The van der Waals surface area contributed by atoms with Crippen molar-refractivity contribution in [2.24, 2.45) is 0 Å². The van der Waals surface area contributed by atoms with Crippen molar-refractivity contribution in [2.75, 3.05) is 50.8 Å². The van der Waals surface area contributed by atoms with Gasteiger partial charge in [-0.1, -0.05) is 0 Å². The van der Waals surface area contributed by atoms with E-state index >= 15 is 0 Å². The van der Waals surface area contributed by atoms with Crippen LogP contribution in [0.25, 0.3) is 0 Å². The number of ether oxygens (including phenoxy) is 2. The summed E-state index contributed by atoms with van der Waals surface area (Å²) in [5.74, 6) is 1.36. The fraction of sp³-hybridized carbons (Fsp3) is 0.619. The number of carbonyl (C=O) groups excluding carboxylic acids is 2. The zero-order valence-electron chi connectivity index (χ0n) is 16.9. The summed E-state index contributed by atoms with van der Waals surface area (Å²) in [5, 5.41) is 5.86. The Kier molecular flexibility index (Phi) is 6.39. The number of hydrogen-bond donors (Lipinski definition) is 3. The largest absolute Gasteiger partial charge is 0.486 e. The van der Waals surface area contributed by atoms with Crippen molar-refractivity contribution >= 4 is 17.6 Å². The van der Waals surface area contributed by atoms with Gasteiger partial charge >= 0.3 is 6.03 Å². The first-order valence-electron chi connectivity index (χ1n) is 10.8. The van der Waals surface area contributed by atoms with Gasteiger partial charge in [-0.15, -0.1) is 0 Å². The highest BCUT2D eigenvalue weighted by molar-refractivity contribution is 5.97. The van der Waals surface area contributed by atoms with E-state index in [1.807, 2.05) is 18.2 Å². The molecule has 1 aromatic rings. The van der Waals surface area contributed by atoms with Crippen LogP contribution in [0.3, 0.4) is 0 Å². The average molecular weight is 404 g/mol. The number of anilines is 1. The van der Waals surface area contributed by atoms with Crippen LogP contribution in [0.15, 0.2) is 18.2 Å². The molecule has 0 aliphatic carbocycles. The van der Waals surface area contributed by atoms with Crippen molar-refractivity contribution in [3.05, 3.63) is 18.2 Å². The maximum Gasteiger partial charge on any atom is 0.315 e. The molecule has 3 aliphatic heterocycles. The number of hydrogen-bond acceptors (Lipinski definition) is 4. The number of carbonyl (C=O) groups is 2. The van der Waals surface area contributed by atoms with E-state index in [1.54, 1.807) is 9.80 Å². The van der Waals surface area contributed by atoms with Gasteiger partial charge in [0, 0.05) is 37.7 Å². The maximum absolute atomic E-state index is 12.4. The summed E-state index contributed by atoms with van der Waals surface area (Å²) in [6.07, 6.45) is 5.28. The van der Waals surface area contributed by atoms with E-state index < -0.39 is 0 Å². The molecule has 8 heteroatoms. The number of amides is 3. The lowest BCUT2D eigenvalue weighted by atomic mass is 10.1. The molecule has 1 aromatic carbocycles. The van der Waals surface area contributed by atoms with Gasteiger partial charge in [0.15, 0.2) is 11.5 Å². The van der Waals surface area contributed by atoms with Crippen LogP contribution in [0.4, 0.5) is 10.5 Å². The van der Waals surface area contributed by atoms with Crippen LogP contribution in [0.2, 0.25) is 0 Å². The number of piperidine rings is 1. The minimum Gasteiger partial charge on any atom is -0.486 e. The highest BCUT2D eigenvalue weighted by Crippen LogP contribution is 2.35. The number of quaternary nitrogens is 1. The second kappa shape index (κ2) is 9.35. The van der Waals surface area contributed by atoms with E-state index in [-0.39, 0.29) is 18.0 Å². The molecule has 0 saturated carbocycles. The number of nitrogens with one attached hydrogen (secondary N) is 3. The SMILES string of the molecule is O=C(NCCC[NH+]1CCCCC1)N[C@@H]1CC(=O)N(c2ccc3c(c2)OCCO3)C1. The van der Waals surface area contributed by atoms with Gasteiger partial charge in [-0.3, -0.25) is 4.79 Å². The smallest absolute Gasteiger partial charge is 0.315 e. The summed E-state index contributed by atoms with van der Waals surface area (Å²) in [5.41, 5.74) is 0.772. The van der Waals surface area contributed by atoms with Crippen LogP contribution in [-0.2, 0) is 4.79 Å². The number of nitrogens with zero attached hydrogens (tertiary/aromatic N) is 1. The lowest BCUT2D eigenvalue weighted by Crippen LogP contribution is -3.12. The van der Waals surface area contributed by atoms with Crippen LogP contribution in [0.5, 0.6) is 11.5 Å². The highest BCUT2D eigenvalue weighted by atomic mass is 16.6. The van der Waals surface area contributed by atoms with Crippen molar-refractivity contribution in [3.8, 4) is 11.5 Å². The Morgan fingerprint density at radius 1 is 1.14 bits per heavy atom. The minimum atomic E-state index is -0.194. The Balaban J connectivity index is 1.21. The van der Waals surface area contributed by atoms with Crippen LogP contribution in [0.1, 0.15) is 32.1 Å². The van der Waals surface area contributed by atoms with Gasteiger partial charge in [-0.05, 0) is 31.4 Å². The van der Waals surface area contributed by atoms with Gasteiger partial charge in [0.1, 0.15) is 13.2 Å². The molecule has 1 atom stereocenters. The molecule has 0 bridgehead atoms. The van der Waals surface area contributed by atoms with Crippen LogP contribution < -0.4 is 29.9 Å². The summed E-state index contributed by atoms with van der Waals surface area (Å²) < 4.78 is 11.1. The van der Waals surface area contributed by atoms with E-state index in [0.29, 0.717) is 44.2 Å². The first kappa shape index (κ1) is 19.8. The molecule has 3 N–H and O–H groups in total. The lowest BCUT2D eigenvalue weighted by Gasteiger charge is -2.23. The van der Waals surface area contributed by atoms with Crippen LogP contribution >= 0.6 is 0 Å². The van der Waals surface area contributed by atoms with Gasteiger partial charge in [0.25, 0.3) is 0 Å². The first-order chi connectivity index (χ1) is 14.2. The molecule has 158 valence electrons. The van der Waals surface area contributed by atoms with E-state index in [2.05, 4.69) is 10.6 Å². The minimum absolute atomic E-state index is 0.000626. The predicted molar refractivity (Wildman–Crippen MR) is 109 cm³/mol. The van der Waals surface area contributed by atoms with Gasteiger partial charge in [0.2, 0.25) is 5.91 Å². The molecule has 29 heavy (non-hydrogen) atoms. The van der Waals surface area contributed by atoms with Crippen molar-refractivity contribution in [3.63, 3.8) is 0 Å². The molecule has 0 aromatic heterocycles. The normalized spacial score (nSPS) is 21.9. The molecule has 4 rings (SSSR count). The molecular weight excluding hydrogens is 372 g/mol. The predicted octanol–water partition coefficient (Wildman–Crippen LogP) is 0.321. The molecule has 2 saturated heterocycles. The molecule has 8 nitrogen and oxygen atoms in total. The maximum atomic E-state index is 12.4. The molecule has 3 heterocycles. The Morgan fingerprint density at radius 3 is 2.76 bits per heavy atom. The number of likely N-dealkylation sites (tertiary alicyclic amines) is 1. The van der Waals surface area contributed by atoms with Crippen molar-refractivity contribution in [1.29, 1.82) is 0 Å². The third-order valence-corrected chi connectivity index (χ3v) is 5.85. The van der Waals surface area contributed by atoms with Crippen molar-refractivity contribution in [2.45, 2.75) is 38.1 Å². The number of rotatable bonds is 6. The quantitative estimate of drug-likeness (QED) is 0.598. The van der Waals surface area contributed by atoms with Gasteiger partial charge < -0.3 is 29.9 Å².